The van der Waals surface area contributed by atoms with Gasteiger partial charge in [-0.3, -0.25) is 0 Å². The molecule has 21 heavy (non-hydrogen) atoms. The Bertz CT molecular complexity index is 742. The first-order valence-corrected chi connectivity index (χ1v) is 7.19. The monoisotopic (exact) mass is 319 g/mol. The van der Waals surface area contributed by atoms with Gasteiger partial charge in [0.15, 0.2) is 0 Å². The molecule has 1 unspecified atom stereocenters. The van der Waals surface area contributed by atoms with Gasteiger partial charge in [0.1, 0.15) is 11.9 Å². The molecule has 3 rings (SSSR count). The van der Waals surface area contributed by atoms with Crippen molar-refractivity contribution in [1.29, 1.82) is 0 Å². The summed E-state index contributed by atoms with van der Waals surface area (Å²) in [6.45, 7) is 0.296. The first kappa shape index (κ1) is 14.1. The van der Waals surface area contributed by atoms with Crippen LogP contribution in [0.25, 0.3) is 21.6 Å². The molecule has 1 heterocycles. The van der Waals surface area contributed by atoms with Gasteiger partial charge in [-0.2, -0.15) is 0 Å². The van der Waals surface area contributed by atoms with E-state index in [4.69, 9.17) is 33.5 Å². The van der Waals surface area contributed by atoms with E-state index >= 15 is 0 Å². The molecule has 0 N–H and O–H groups in total. The predicted molar refractivity (Wildman–Crippen MR) is 84.0 cm³/mol. The van der Waals surface area contributed by atoms with Crippen molar-refractivity contribution in [1.82, 2.24) is 0 Å². The van der Waals surface area contributed by atoms with Crippen LogP contribution in [0.1, 0.15) is 5.56 Å². The van der Waals surface area contributed by atoms with Crippen molar-refractivity contribution in [3.05, 3.63) is 62.4 Å². The van der Waals surface area contributed by atoms with E-state index in [1.54, 1.807) is 0 Å². The van der Waals surface area contributed by atoms with E-state index in [0.717, 1.165) is 22.4 Å². The predicted octanol–water partition coefficient (Wildman–Crippen LogP) is 5.27. The maximum atomic E-state index is 8.42. The summed E-state index contributed by atoms with van der Waals surface area (Å²) in [5.74, 6) is 0.769. The lowest BCUT2D eigenvalue weighted by molar-refractivity contribution is 0.242. The van der Waals surface area contributed by atoms with E-state index in [0.29, 0.717) is 23.0 Å². The van der Waals surface area contributed by atoms with Crippen LogP contribution in [-0.4, -0.2) is 12.6 Å². The van der Waals surface area contributed by atoms with Crippen LogP contribution in [0.2, 0.25) is 10.0 Å². The molecule has 0 saturated heterocycles. The second kappa shape index (κ2) is 5.86. The standard InChI is InChI=1S/C15H11Cl2N3O/c16-10-5-9-6-11(8-19-20-18)21-15(9)13(7-10)12-3-1-2-4-14(12)17/h1-5,7,11H,6,8H2. The third-order valence-corrected chi connectivity index (χ3v) is 3.92. The van der Waals surface area contributed by atoms with Crippen LogP contribution in [-0.2, 0) is 6.42 Å². The smallest absolute Gasteiger partial charge is 0.131 e. The zero-order chi connectivity index (χ0) is 14.8. The zero-order valence-electron chi connectivity index (χ0n) is 11.0. The number of rotatable bonds is 3. The number of hydrogen-bond acceptors (Lipinski definition) is 2. The van der Waals surface area contributed by atoms with E-state index in [-0.39, 0.29) is 6.10 Å². The number of azide groups is 1. The molecule has 2 aromatic rings. The van der Waals surface area contributed by atoms with Gasteiger partial charge < -0.3 is 4.74 Å². The van der Waals surface area contributed by atoms with Gasteiger partial charge in [-0.1, -0.05) is 46.5 Å². The van der Waals surface area contributed by atoms with Crippen molar-refractivity contribution in [3.63, 3.8) is 0 Å². The lowest BCUT2D eigenvalue weighted by atomic mass is 10.0. The van der Waals surface area contributed by atoms with Crippen LogP contribution < -0.4 is 4.74 Å². The molecule has 4 nitrogen and oxygen atoms in total. The quantitative estimate of drug-likeness (QED) is 0.431. The zero-order valence-corrected chi connectivity index (χ0v) is 12.5. The van der Waals surface area contributed by atoms with Gasteiger partial charge in [-0.25, -0.2) is 0 Å². The lowest BCUT2D eigenvalue weighted by Crippen LogP contribution is -2.16. The highest BCUT2D eigenvalue weighted by Crippen LogP contribution is 2.43. The fourth-order valence-corrected chi connectivity index (χ4v) is 2.98. The molecule has 6 heteroatoms. The maximum Gasteiger partial charge on any atom is 0.131 e. The van der Waals surface area contributed by atoms with Gasteiger partial charge >= 0.3 is 0 Å². The second-order valence-electron chi connectivity index (χ2n) is 4.78. The molecule has 0 aromatic heterocycles. The van der Waals surface area contributed by atoms with Gasteiger partial charge in [-0.15, -0.1) is 0 Å². The Kier molecular flexibility index (Phi) is 3.93. The molecule has 1 aliphatic rings. The minimum atomic E-state index is -0.157. The Balaban J connectivity index is 2.05. The summed E-state index contributed by atoms with van der Waals surface area (Å²) < 4.78 is 5.92. The summed E-state index contributed by atoms with van der Waals surface area (Å²) in [4.78, 5) is 2.77. The van der Waals surface area contributed by atoms with Gasteiger partial charge in [0.25, 0.3) is 0 Å². The molecular formula is C15H11Cl2N3O. The summed E-state index contributed by atoms with van der Waals surface area (Å²) in [5.41, 5.74) is 11.2. The van der Waals surface area contributed by atoms with Crippen LogP contribution in [0.5, 0.6) is 5.75 Å². The molecule has 0 amide bonds. The largest absolute Gasteiger partial charge is 0.489 e. The summed E-state index contributed by atoms with van der Waals surface area (Å²) in [6, 6.07) is 11.3. The summed E-state index contributed by atoms with van der Waals surface area (Å²) in [5, 5.41) is 4.85. The summed E-state index contributed by atoms with van der Waals surface area (Å²) >= 11 is 12.5. The fraction of sp³-hybridized carbons (Fsp3) is 0.200. The Labute approximate surface area is 131 Å². The molecule has 0 bridgehead atoms. The Morgan fingerprint density at radius 3 is 2.81 bits per heavy atom. The molecule has 0 spiro atoms. The van der Waals surface area contributed by atoms with E-state index < -0.39 is 0 Å². The number of halogens is 2. The van der Waals surface area contributed by atoms with Crippen molar-refractivity contribution in [2.45, 2.75) is 12.5 Å². The average molecular weight is 320 g/mol. The lowest BCUT2D eigenvalue weighted by Gasteiger charge is -2.12. The number of hydrogen-bond donors (Lipinski definition) is 0. The number of nitrogens with zero attached hydrogens (tertiary/aromatic N) is 3. The highest BCUT2D eigenvalue weighted by atomic mass is 35.5. The maximum absolute atomic E-state index is 8.42. The number of fused-ring (bicyclic) bond motifs is 1. The van der Waals surface area contributed by atoms with Gasteiger partial charge in [0, 0.05) is 32.5 Å². The van der Waals surface area contributed by atoms with Crippen LogP contribution in [0.4, 0.5) is 0 Å². The van der Waals surface area contributed by atoms with Gasteiger partial charge in [0.2, 0.25) is 0 Å². The topological polar surface area (TPSA) is 58.0 Å². The Morgan fingerprint density at radius 2 is 2.05 bits per heavy atom. The minimum absolute atomic E-state index is 0.157. The second-order valence-corrected chi connectivity index (χ2v) is 5.62. The molecule has 0 saturated carbocycles. The van der Waals surface area contributed by atoms with E-state index in [2.05, 4.69) is 10.0 Å². The molecule has 1 atom stereocenters. The SMILES string of the molecule is [N-]=[N+]=NCC1Cc2cc(Cl)cc(-c3ccccc3Cl)c2O1. The van der Waals surface area contributed by atoms with Gasteiger partial charge in [0.05, 0.1) is 6.54 Å². The van der Waals surface area contributed by atoms with Crippen molar-refractivity contribution in [3.8, 4) is 16.9 Å². The molecule has 0 aliphatic carbocycles. The average Bonchev–Trinajstić information content (AvgIpc) is 2.87. The van der Waals surface area contributed by atoms with Gasteiger partial charge in [-0.05, 0) is 29.3 Å². The first-order chi connectivity index (χ1) is 10.2. The van der Waals surface area contributed by atoms with Crippen LogP contribution >= 0.6 is 23.2 Å². The fourth-order valence-electron chi connectivity index (χ4n) is 2.50. The van der Waals surface area contributed by atoms with Crippen LogP contribution in [0.15, 0.2) is 41.5 Å². The first-order valence-electron chi connectivity index (χ1n) is 6.44. The van der Waals surface area contributed by atoms with Crippen LogP contribution in [0, 0.1) is 0 Å². The molecular weight excluding hydrogens is 309 g/mol. The number of benzene rings is 2. The highest BCUT2D eigenvalue weighted by molar-refractivity contribution is 6.34. The van der Waals surface area contributed by atoms with Crippen molar-refractivity contribution in [2.75, 3.05) is 6.54 Å². The highest BCUT2D eigenvalue weighted by Gasteiger charge is 2.26. The molecule has 0 radical (unpaired) electrons. The molecule has 106 valence electrons. The normalized spacial score (nSPS) is 16.0. The summed E-state index contributed by atoms with van der Waals surface area (Å²) in [6.07, 6.45) is 0.516. The van der Waals surface area contributed by atoms with E-state index in [1.165, 1.54) is 0 Å². The van der Waals surface area contributed by atoms with Crippen molar-refractivity contribution >= 4 is 23.2 Å². The molecule has 0 fully saturated rings. The third-order valence-electron chi connectivity index (χ3n) is 3.38. The Hall–Kier alpha value is -1.87. The van der Waals surface area contributed by atoms with E-state index in [9.17, 15) is 0 Å². The van der Waals surface area contributed by atoms with Crippen LogP contribution in [0.3, 0.4) is 0 Å². The van der Waals surface area contributed by atoms with E-state index in [1.807, 2.05) is 36.4 Å². The third kappa shape index (κ3) is 2.79. The summed E-state index contributed by atoms with van der Waals surface area (Å²) in [7, 11) is 0. The number of ether oxygens (including phenoxy) is 1. The Morgan fingerprint density at radius 1 is 1.24 bits per heavy atom. The molecule has 1 aliphatic heterocycles. The minimum Gasteiger partial charge on any atom is -0.489 e. The molecule has 2 aromatic carbocycles. The van der Waals surface area contributed by atoms with Crippen molar-refractivity contribution < 1.29 is 4.74 Å². The van der Waals surface area contributed by atoms with Crippen molar-refractivity contribution in [2.24, 2.45) is 5.11 Å².